The molecule has 5 rings (SSSR count). The van der Waals surface area contributed by atoms with Crippen molar-refractivity contribution in [3.05, 3.63) is 42.9 Å². The van der Waals surface area contributed by atoms with Crippen LogP contribution in [0.2, 0.25) is 0 Å². The second-order valence-corrected chi connectivity index (χ2v) is 7.21. The molecule has 1 aromatic carbocycles. The van der Waals surface area contributed by atoms with Crippen molar-refractivity contribution in [2.24, 2.45) is 0 Å². The Hall–Kier alpha value is -3.79. The van der Waals surface area contributed by atoms with E-state index < -0.39 is 0 Å². The smallest absolute Gasteiger partial charge is 0.317 e. The molecule has 0 bridgehead atoms. The topological polar surface area (TPSA) is 118 Å². The lowest BCUT2D eigenvalue weighted by atomic mass is 10.1. The first-order valence-corrected chi connectivity index (χ1v) is 9.97. The highest BCUT2D eigenvalue weighted by atomic mass is 16.5. The average molecular weight is 419 g/mol. The van der Waals surface area contributed by atoms with E-state index in [1.165, 1.54) is 0 Å². The molecule has 0 unspecified atom stereocenters. The van der Waals surface area contributed by atoms with Gasteiger partial charge in [0, 0.05) is 36.9 Å². The SMILES string of the molecule is CNC(=O)N1CCO[C@H](COc2nc(-c3ccc4[nH]ncc4c3)cc3nccnc23)C1. The van der Waals surface area contributed by atoms with E-state index >= 15 is 0 Å². The summed E-state index contributed by atoms with van der Waals surface area (Å²) in [6.07, 6.45) is 4.76. The molecule has 2 amide bonds. The number of hydrogen-bond donors (Lipinski definition) is 2. The Morgan fingerprint density at radius 2 is 2.23 bits per heavy atom. The first kappa shape index (κ1) is 19.2. The van der Waals surface area contributed by atoms with E-state index in [1.807, 2.05) is 24.3 Å². The van der Waals surface area contributed by atoms with Gasteiger partial charge >= 0.3 is 6.03 Å². The number of aromatic nitrogens is 5. The molecule has 3 aromatic heterocycles. The molecule has 10 heteroatoms. The van der Waals surface area contributed by atoms with E-state index in [0.29, 0.717) is 36.6 Å². The number of amides is 2. The molecule has 0 aliphatic carbocycles. The highest BCUT2D eigenvalue weighted by Crippen LogP contribution is 2.28. The number of nitrogens with zero attached hydrogens (tertiary/aromatic N) is 5. The first-order chi connectivity index (χ1) is 15.2. The molecule has 1 saturated heterocycles. The summed E-state index contributed by atoms with van der Waals surface area (Å²) < 4.78 is 11.8. The Kier molecular flexibility index (Phi) is 5.04. The van der Waals surface area contributed by atoms with E-state index in [2.05, 4.69) is 25.5 Å². The van der Waals surface area contributed by atoms with Crippen molar-refractivity contribution in [2.75, 3.05) is 33.4 Å². The Balaban J connectivity index is 1.43. The van der Waals surface area contributed by atoms with Gasteiger partial charge < -0.3 is 19.7 Å². The number of carbonyl (C=O) groups is 1. The predicted molar refractivity (Wildman–Crippen MR) is 114 cm³/mol. The van der Waals surface area contributed by atoms with Crippen molar-refractivity contribution < 1.29 is 14.3 Å². The molecule has 1 atom stereocenters. The summed E-state index contributed by atoms with van der Waals surface area (Å²) in [6.45, 7) is 1.70. The number of H-pyrrole nitrogens is 1. The number of hydrogen-bond acceptors (Lipinski definition) is 7. The van der Waals surface area contributed by atoms with Crippen molar-refractivity contribution in [1.29, 1.82) is 0 Å². The maximum Gasteiger partial charge on any atom is 0.317 e. The number of ether oxygens (including phenoxy) is 2. The zero-order valence-corrected chi connectivity index (χ0v) is 16.9. The van der Waals surface area contributed by atoms with Crippen molar-refractivity contribution >= 4 is 28.0 Å². The highest BCUT2D eigenvalue weighted by Gasteiger charge is 2.24. The minimum absolute atomic E-state index is 0.126. The second kappa shape index (κ2) is 8.15. The number of rotatable bonds is 4. The van der Waals surface area contributed by atoms with Gasteiger partial charge in [-0.05, 0) is 18.2 Å². The maximum absolute atomic E-state index is 11.9. The van der Waals surface area contributed by atoms with Gasteiger partial charge in [-0.15, -0.1) is 0 Å². The van der Waals surface area contributed by atoms with E-state index in [9.17, 15) is 4.79 Å². The van der Waals surface area contributed by atoms with Crippen LogP contribution in [0.15, 0.2) is 42.9 Å². The highest BCUT2D eigenvalue weighted by molar-refractivity contribution is 5.87. The molecule has 4 aromatic rings. The predicted octanol–water partition coefficient (Wildman–Crippen LogP) is 1.99. The minimum atomic E-state index is -0.259. The molecule has 158 valence electrons. The van der Waals surface area contributed by atoms with Gasteiger partial charge in [-0.3, -0.25) is 10.1 Å². The molecule has 0 saturated carbocycles. The third-order valence-electron chi connectivity index (χ3n) is 5.21. The number of fused-ring (bicyclic) bond motifs is 2. The first-order valence-electron chi connectivity index (χ1n) is 9.97. The van der Waals surface area contributed by atoms with Gasteiger partial charge in [-0.2, -0.15) is 5.10 Å². The number of urea groups is 1. The van der Waals surface area contributed by atoms with Crippen LogP contribution >= 0.6 is 0 Å². The number of carbonyl (C=O) groups excluding carboxylic acids is 1. The lowest BCUT2D eigenvalue weighted by molar-refractivity contribution is -0.0354. The van der Waals surface area contributed by atoms with Crippen molar-refractivity contribution in [2.45, 2.75) is 6.10 Å². The fourth-order valence-corrected chi connectivity index (χ4v) is 3.63. The molecule has 4 heterocycles. The Morgan fingerprint density at radius 3 is 3.13 bits per heavy atom. The van der Waals surface area contributed by atoms with Gasteiger partial charge in [-0.1, -0.05) is 6.07 Å². The lowest BCUT2D eigenvalue weighted by Crippen LogP contribution is -2.50. The monoisotopic (exact) mass is 419 g/mol. The molecule has 10 nitrogen and oxygen atoms in total. The molecule has 2 N–H and O–H groups in total. The second-order valence-electron chi connectivity index (χ2n) is 7.21. The average Bonchev–Trinajstić information content (AvgIpc) is 3.30. The molecule has 1 aliphatic rings. The van der Waals surface area contributed by atoms with Crippen LogP contribution in [0.1, 0.15) is 0 Å². The normalized spacial score (nSPS) is 16.5. The molecule has 1 aliphatic heterocycles. The van der Waals surface area contributed by atoms with Crippen LogP contribution in [0, 0.1) is 0 Å². The summed E-state index contributed by atoms with van der Waals surface area (Å²) in [5.41, 5.74) is 3.87. The van der Waals surface area contributed by atoms with E-state index in [1.54, 1.807) is 30.5 Å². The summed E-state index contributed by atoms with van der Waals surface area (Å²) in [5, 5.41) is 10.7. The van der Waals surface area contributed by atoms with Gasteiger partial charge in [0.15, 0.2) is 5.52 Å². The van der Waals surface area contributed by atoms with Crippen LogP contribution in [0.4, 0.5) is 4.79 Å². The van der Waals surface area contributed by atoms with Gasteiger partial charge in [0.05, 0.1) is 36.1 Å². The van der Waals surface area contributed by atoms with Crippen LogP contribution in [0.3, 0.4) is 0 Å². The molecule has 0 spiro atoms. The van der Waals surface area contributed by atoms with E-state index in [0.717, 1.165) is 22.2 Å². The van der Waals surface area contributed by atoms with Crippen LogP contribution in [0.25, 0.3) is 33.2 Å². The third-order valence-corrected chi connectivity index (χ3v) is 5.21. The summed E-state index contributed by atoms with van der Waals surface area (Å²) in [7, 11) is 1.62. The number of nitrogens with one attached hydrogen (secondary N) is 2. The standard InChI is InChI=1S/C21H21N7O3/c1-22-21(29)28-6-7-30-15(11-28)12-31-20-19-18(23-4-5-24-19)9-17(26-20)13-2-3-16-14(8-13)10-25-27-16/h2-5,8-10,15H,6-7,11-12H2,1H3,(H,22,29)(H,25,27)/t15-/m0/s1. The molecule has 31 heavy (non-hydrogen) atoms. The van der Waals surface area contributed by atoms with Crippen molar-refractivity contribution in [1.82, 2.24) is 35.4 Å². The lowest BCUT2D eigenvalue weighted by Gasteiger charge is -2.32. The molecular weight excluding hydrogens is 398 g/mol. The molecule has 0 radical (unpaired) electrons. The number of pyridine rings is 1. The van der Waals surface area contributed by atoms with Crippen molar-refractivity contribution in [3.63, 3.8) is 0 Å². The summed E-state index contributed by atoms with van der Waals surface area (Å²) in [4.78, 5) is 27.2. The number of aromatic amines is 1. The third kappa shape index (κ3) is 3.84. The molecule has 1 fully saturated rings. The van der Waals surface area contributed by atoms with E-state index in [-0.39, 0.29) is 18.7 Å². The van der Waals surface area contributed by atoms with E-state index in [4.69, 9.17) is 14.5 Å². The Bertz CT molecular complexity index is 1240. The Morgan fingerprint density at radius 1 is 1.32 bits per heavy atom. The van der Waals surface area contributed by atoms with Crippen LogP contribution < -0.4 is 10.1 Å². The van der Waals surface area contributed by atoms with Crippen molar-refractivity contribution in [3.8, 4) is 17.1 Å². The summed E-state index contributed by atoms with van der Waals surface area (Å²) >= 11 is 0. The Labute approximate surface area is 177 Å². The fourth-order valence-electron chi connectivity index (χ4n) is 3.63. The summed E-state index contributed by atoms with van der Waals surface area (Å²) in [6, 6.07) is 7.71. The summed E-state index contributed by atoms with van der Waals surface area (Å²) in [5.74, 6) is 0.383. The van der Waals surface area contributed by atoms with Crippen LogP contribution in [-0.2, 0) is 4.74 Å². The molecular formula is C21H21N7O3. The zero-order chi connectivity index (χ0) is 21.2. The fraction of sp³-hybridized carbons (Fsp3) is 0.286. The number of morpholine rings is 1. The van der Waals surface area contributed by atoms with Crippen LogP contribution in [0.5, 0.6) is 5.88 Å². The van der Waals surface area contributed by atoms with Gasteiger partial charge in [-0.25, -0.2) is 14.8 Å². The minimum Gasteiger partial charge on any atom is -0.473 e. The van der Waals surface area contributed by atoms with Gasteiger partial charge in [0.25, 0.3) is 0 Å². The largest absolute Gasteiger partial charge is 0.473 e. The van der Waals surface area contributed by atoms with Gasteiger partial charge in [0.2, 0.25) is 5.88 Å². The van der Waals surface area contributed by atoms with Crippen LogP contribution in [-0.4, -0.2) is 75.5 Å². The van der Waals surface area contributed by atoms with Gasteiger partial charge in [0.1, 0.15) is 12.7 Å². The zero-order valence-electron chi connectivity index (χ0n) is 16.9. The maximum atomic E-state index is 11.9. The number of benzene rings is 1. The quantitative estimate of drug-likeness (QED) is 0.519.